The first-order valence-electron chi connectivity index (χ1n) is 9.59. The highest BCUT2D eigenvalue weighted by atomic mass is 31.0. The van der Waals surface area contributed by atoms with Gasteiger partial charge in [-0.1, -0.05) is 89.5 Å². The van der Waals surface area contributed by atoms with E-state index in [-0.39, 0.29) is 11.1 Å². The van der Waals surface area contributed by atoms with Crippen LogP contribution in [0.4, 0.5) is 0 Å². The van der Waals surface area contributed by atoms with E-state index in [1.165, 1.54) is 0 Å². The maximum Gasteiger partial charge on any atom is 0.118 e. The Morgan fingerprint density at radius 2 is 1.07 bits per heavy atom. The predicted molar refractivity (Wildman–Crippen MR) is 128 cm³/mol. The molecule has 0 aliphatic rings. The summed E-state index contributed by atoms with van der Waals surface area (Å²) in [5, 5.41) is 24.3. The average molecular weight is 419 g/mol. The first-order chi connectivity index (χ1) is 12.2. The number of hydrogen-bond acceptors (Lipinski definition) is 2. The van der Waals surface area contributed by atoms with Gasteiger partial charge >= 0.3 is 0 Å². The van der Waals surface area contributed by atoms with Gasteiger partial charge in [-0.15, -0.1) is 9.24 Å². The molecule has 0 amide bonds. The third-order valence-corrected chi connectivity index (χ3v) is 9.49. The largest absolute Gasteiger partial charge is 0.508 e. The van der Waals surface area contributed by atoms with Gasteiger partial charge in [-0.2, -0.15) is 0 Å². The van der Waals surface area contributed by atoms with Crippen LogP contribution in [-0.4, -0.2) is 31.5 Å². The highest BCUT2D eigenvalue weighted by Crippen LogP contribution is 2.46. The number of aromatic hydroxyl groups is 2. The Balaban J connectivity index is 2.79. The van der Waals surface area contributed by atoms with Crippen molar-refractivity contribution in [3.05, 3.63) is 47.5 Å². The summed E-state index contributed by atoms with van der Waals surface area (Å²) in [5.74, 6) is 0.681. The van der Waals surface area contributed by atoms with Gasteiger partial charge in [0, 0.05) is 17.0 Å². The van der Waals surface area contributed by atoms with E-state index in [4.69, 9.17) is 0 Å². The van der Waals surface area contributed by atoms with Gasteiger partial charge in [0.25, 0.3) is 0 Å². The molecule has 5 heteroatoms. The van der Waals surface area contributed by atoms with E-state index < -0.39 is 16.1 Å². The van der Waals surface area contributed by atoms with Crippen LogP contribution in [-0.2, 0) is 0 Å². The van der Waals surface area contributed by atoms with E-state index in [2.05, 4.69) is 74.5 Å². The molecule has 2 nitrogen and oxygen atoms in total. The first kappa shape index (κ1) is 22.2. The van der Waals surface area contributed by atoms with Gasteiger partial charge in [-0.25, -0.2) is 0 Å². The molecule has 0 fully saturated rings. The van der Waals surface area contributed by atoms with E-state index in [1.54, 1.807) is 0 Å². The number of hydrogen-bond donors (Lipinski definition) is 2. The highest BCUT2D eigenvalue weighted by molar-refractivity contribution is 7.19. The molecule has 0 aliphatic heterocycles. The summed E-state index contributed by atoms with van der Waals surface area (Å²) in [6.07, 6.45) is 0. The summed E-state index contributed by atoms with van der Waals surface area (Å²) < 4.78 is 0. The summed E-state index contributed by atoms with van der Waals surface area (Å²) in [4.78, 5) is 0. The summed E-state index contributed by atoms with van der Waals surface area (Å²) in [7, 11) is -0.448. The van der Waals surface area contributed by atoms with E-state index in [9.17, 15) is 10.2 Å². The average Bonchev–Trinajstić information content (AvgIpc) is 2.47. The van der Waals surface area contributed by atoms with Crippen molar-refractivity contribution in [1.29, 1.82) is 0 Å². The fraction of sp³-hybridized carbons (Fsp3) is 0.455. The molecular weight excluding hydrogens is 383 g/mol. The second-order valence-electron chi connectivity index (χ2n) is 10.2. The van der Waals surface area contributed by atoms with Crippen molar-refractivity contribution in [2.75, 3.05) is 0 Å². The zero-order valence-electron chi connectivity index (χ0n) is 18.0. The molecule has 2 N–H and O–H groups in total. The SMILES string of the molecule is CC(C)(P)C(c1cccc([Si](C)(C)C)c1O)c1cccc([Si](C)(C)C)c1O. The van der Waals surface area contributed by atoms with Crippen LogP contribution >= 0.6 is 9.24 Å². The molecule has 27 heavy (non-hydrogen) atoms. The summed E-state index contributed by atoms with van der Waals surface area (Å²) >= 11 is 0. The molecule has 1 unspecified atom stereocenters. The number of rotatable bonds is 5. The molecule has 0 saturated carbocycles. The Morgan fingerprint density at radius 3 is 1.33 bits per heavy atom. The minimum atomic E-state index is -1.68. The Kier molecular flexibility index (Phi) is 6.07. The lowest BCUT2D eigenvalue weighted by molar-refractivity contribution is 0.447. The normalized spacial score (nSPS) is 13.3. The van der Waals surface area contributed by atoms with E-state index in [1.807, 2.05) is 24.3 Å². The molecular formula is C22H35O2PSi2. The van der Waals surface area contributed by atoms with Gasteiger partial charge in [-0.05, 0) is 15.5 Å². The molecule has 0 bridgehead atoms. The van der Waals surface area contributed by atoms with Crippen molar-refractivity contribution < 1.29 is 10.2 Å². The topological polar surface area (TPSA) is 40.5 Å². The van der Waals surface area contributed by atoms with Crippen LogP contribution in [0.15, 0.2) is 36.4 Å². The lowest BCUT2D eigenvalue weighted by Gasteiger charge is -2.34. The van der Waals surface area contributed by atoms with Crippen LogP contribution in [0.2, 0.25) is 39.3 Å². The van der Waals surface area contributed by atoms with Crippen molar-refractivity contribution in [3.63, 3.8) is 0 Å². The fourth-order valence-corrected chi connectivity index (χ4v) is 7.03. The van der Waals surface area contributed by atoms with Crippen LogP contribution in [0.25, 0.3) is 0 Å². The minimum Gasteiger partial charge on any atom is -0.508 e. The maximum atomic E-state index is 11.2. The van der Waals surface area contributed by atoms with Crippen molar-refractivity contribution in [2.24, 2.45) is 0 Å². The third kappa shape index (κ3) is 4.67. The first-order valence-corrected chi connectivity index (χ1v) is 17.2. The van der Waals surface area contributed by atoms with Crippen LogP contribution < -0.4 is 10.4 Å². The number of phenolic OH excluding ortho intramolecular Hbond substituents is 2. The number of benzene rings is 2. The molecule has 2 rings (SSSR count). The van der Waals surface area contributed by atoms with E-state index in [0.29, 0.717) is 11.5 Å². The lowest BCUT2D eigenvalue weighted by Crippen LogP contribution is -2.39. The molecule has 148 valence electrons. The molecule has 0 radical (unpaired) electrons. The zero-order chi connectivity index (χ0) is 20.8. The third-order valence-electron chi connectivity index (χ3n) is 5.12. The zero-order valence-corrected chi connectivity index (χ0v) is 21.2. The number of phenols is 2. The highest BCUT2D eigenvalue weighted by Gasteiger charge is 2.35. The molecule has 0 spiro atoms. The molecule has 0 saturated heterocycles. The Morgan fingerprint density at radius 1 is 0.741 bits per heavy atom. The number of para-hydroxylation sites is 2. The van der Waals surface area contributed by atoms with Crippen LogP contribution in [0, 0.1) is 0 Å². The second-order valence-corrected chi connectivity index (χ2v) is 21.8. The van der Waals surface area contributed by atoms with Crippen molar-refractivity contribution in [2.45, 2.75) is 64.2 Å². The van der Waals surface area contributed by atoms with Gasteiger partial charge in [-0.3, -0.25) is 0 Å². The van der Waals surface area contributed by atoms with Gasteiger partial charge in [0.1, 0.15) is 11.5 Å². The summed E-state index contributed by atoms with van der Waals surface area (Å²) in [5.41, 5.74) is 1.80. The van der Waals surface area contributed by atoms with Gasteiger partial charge in [0.05, 0.1) is 16.1 Å². The second kappa shape index (κ2) is 7.38. The fourth-order valence-electron chi connectivity index (χ4n) is 3.77. The van der Waals surface area contributed by atoms with Crippen molar-refractivity contribution >= 4 is 35.8 Å². The van der Waals surface area contributed by atoms with Crippen molar-refractivity contribution in [3.8, 4) is 11.5 Å². The maximum absolute atomic E-state index is 11.2. The van der Waals surface area contributed by atoms with E-state index >= 15 is 0 Å². The molecule has 2 aromatic rings. The van der Waals surface area contributed by atoms with Gasteiger partial charge in [0.15, 0.2) is 0 Å². The van der Waals surface area contributed by atoms with Crippen LogP contribution in [0.3, 0.4) is 0 Å². The van der Waals surface area contributed by atoms with Crippen LogP contribution in [0.5, 0.6) is 11.5 Å². The molecule has 0 heterocycles. The standard InChI is InChI=1S/C22H35O2PSi2/c1-22(2,25)19(15-11-9-13-17(20(15)23)26(3,4)5)16-12-10-14-18(21(16)24)27(6,7)8/h9-14,19,23-24H,25H2,1-8H3. The molecule has 0 aromatic heterocycles. The summed E-state index contributed by atoms with van der Waals surface area (Å²) in [6.45, 7) is 17.8. The van der Waals surface area contributed by atoms with Crippen LogP contribution in [0.1, 0.15) is 30.9 Å². The predicted octanol–water partition coefficient (Wildman–Crippen LogP) is 4.97. The lowest BCUT2D eigenvalue weighted by atomic mass is 9.81. The molecule has 1 atom stereocenters. The molecule has 0 aliphatic carbocycles. The molecule has 2 aromatic carbocycles. The monoisotopic (exact) mass is 418 g/mol. The smallest absolute Gasteiger partial charge is 0.118 e. The summed E-state index contributed by atoms with van der Waals surface area (Å²) in [6, 6.07) is 12.2. The van der Waals surface area contributed by atoms with E-state index in [0.717, 1.165) is 21.5 Å². The Labute approximate surface area is 169 Å². The Hall–Kier alpha value is -1.10. The van der Waals surface area contributed by atoms with Gasteiger partial charge < -0.3 is 10.2 Å². The Bertz CT molecular complexity index is 764. The quantitative estimate of drug-likeness (QED) is 0.531. The van der Waals surface area contributed by atoms with Gasteiger partial charge in [0.2, 0.25) is 0 Å². The minimum absolute atomic E-state index is 0.116. The van der Waals surface area contributed by atoms with Crippen molar-refractivity contribution in [1.82, 2.24) is 0 Å².